The Labute approximate surface area is 107 Å². The van der Waals surface area contributed by atoms with Crippen LogP contribution in [-0.4, -0.2) is 51.7 Å². The van der Waals surface area contributed by atoms with Crippen LogP contribution in [0.15, 0.2) is 12.5 Å². The van der Waals surface area contributed by atoms with Crippen molar-refractivity contribution in [2.75, 3.05) is 19.6 Å². The number of aryl methyl sites for hydroxylation is 1. The normalized spacial score (nSPS) is 23.1. The molecule has 0 spiro atoms. The van der Waals surface area contributed by atoms with E-state index in [1.165, 1.54) is 0 Å². The van der Waals surface area contributed by atoms with Gasteiger partial charge in [-0.1, -0.05) is 0 Å². The summed E-state index contributed by atoms with van der Waals surface area (Å²) in [6.45, 7) is 5.42. The maximum atomic E-state index is 12.3. The highest BCUT2D eigenvalue weighted by molar-refractivity contribution is 5.92. The lowest BCUT2D eigenvalue weighted by atomic mass is 10.0. The van der Waals surface area contributed by atoms with Gasteiger partial charge in [-0.15, -0.1) is 0 Å². The molecular weight excluding hydrogens is 232 g/mol. The number of ether oxygens (including phenoxy) is 1. The summed E-state index contributed by atoms with van der Waals surface area (Å²) in [6, 6.07) is 0. The van der Waals surface area contributed by atoms with Gasteiger partial charge in [0.25, 0.3) is 5.91 Å². The van der Waals surface area contributed by atoms with Crippen molar-refractivity contribution in [2.24, 2.45) is 12.8 Å². The summed E-state index contributed by atoms with van der Waals surface area (Å²) < 4.78 is 7.56. The molecule has 2 heterocycles. The SMILES string of the molecule is Cn1cnc(C(=O)N2CC(CN)OC(C)(C)C2)c1. The fourth-order valence-corrected chi connectivity index (χ4v) is 2.26. The lowest BCUT2D eigenvalue weighted by Gasteiger charge is -2.42. The molecule has 1 saturated heterocycles. The molecule has 100 valence electrons. The molecule has 0 aliphatic carbocycles. The second kappa shape index (κ2) is 4.70. The molecule has 6 heteroatoms. The molecule has 1 aromatic heterocycles. The molecule has 18 heavy (non-hydrogen) atoms. The van der Waals surface area contributed by atoms with Gasteiger partial charge in [0.05, 0.1) is 18.0 Å². The number of morpholine rings is 1. The van der Waals surface area contributed by atoms with E-state index in [-0.39, 0.29) is 17.6 Å². The number of nitrogens with two attached hydrogens (primary N) is 1. The summed E-state index contributed by atoms with van der Waals surface area (Å²) in [5.41, 5.74) is 5.74. The number of aromatic nitrogens is 2. The van der Waals surface area contributed by atoms with Crippen LogP contribution in [0.2, 0.25) is 0 Å². The molecule has 0 aromatic carbocycles. The number of carbonyl (C=O) groups excluding carboxylic acids is 1. The zero-order chi connectivity index (χ0) is 13.3. The number of hydrogen-bond acceptors (Lipinski definition) is 4. The van der Waals surface area contributed by atoms with E-state index in [0.717, 1.165) is 0 Å². The number of imidazole rings is 1. The third-order valence-electron chi connectivity index (χ3n) is 2.96. The largest absolute Gasteiger partial charge is 0.367 e. The van der Waals surface area contributed by atoms with Gasteiger partial charge in [0, 0.05) is 32.9 Å². The smallest absolute Gasteiger partial charge is 0.274 e. The fraction of sp³-hybridized carbons (Fsp3) is 0.667. The van der Waals surface area contributed by atoms with Crippen LogP contribution in [0.4, 0.5) is 0 Å². The minimum absolute atomic E-state index is 0.0644. The highest BCUT2D eigenvalue weighted by Crippen LogP contribution is 2.21. The molecule has 1 unspecified atom stereocenters. The van der Waals surface area contributed by atoms with E-state index >= 15 is 0 Å². The van der Waals surface area contributed by atoms with Gasteiger partial charge in [-0.25, -0.2) is 4.98 Å². The Morgan fingerprint density at radius 2 is 2.39 bits per heavy atom. The van der Waals surface area contributed by atoms with Crippen molar-refractivity contribution in [3.05, 3.63) is 18.2 Å². The van der Waals surface area contributed by atoms with E-state index in [2.05, 4.69) is 4.98 Å². The monoisotopic (exact) mass is 252 g/mol. The van der Waals surface area contributed by atoms with Crippen molar-refractivity contribution in [3.8, 4) is 0 Å². The zero-order valence-corrected chi connectivity index (χ0v) is 11.1. The number of hydrogen-bond donors (Lipinski definition) is 1. The second-order valence-corrected chi connectivity index (χ2v) is 5.35. The Hall–Kier alpha value is -1.40. The van der Waals surface area contributed by atoms with Crippen LogP contribution in [0.5, 0.6) is 0 Å². The Kier molecular flexibility index (Phi) is 3.41. The lowest BCUT2D eigenvalue weighted by Crippen LogP contribution is -2.56. The lowest BCUT2D eigenvalue weighted by molar-refractivity contribution is -0.122. The van der Waals surface area contributed by atoms with Crippen LogP contribution in [0.25, 0.3) is 0 Å². The Morgan fingerprint density at radius 3 is 2.94 bits per heavy atom. The molecule has 6 nitrogen and oxygen atoms in total. The van der Waals surface area contributed by atoms with Crippen molar-refractivity contribution >= 4 is 5.91 Å². The highest BCUT2D eigenvalue weighted by Gasteiger charge is 2.35. The van der Waals surface area contributed by atoms with E-state index in [9.17, 15) is 4.79 Å². The van der Waals surface area contributed by atoms with E-state index < -0.39 is 0 Å². The number of amides is 1. The van der Waals surface area contributed by atoms with Crippen molar-refractivity contribution in [3.63, 3.8) is 0 Å². The number of rotatable bonds is 2. The first-order chi connectivity index (χ1) is 8.41. The van der Waals surface area contributed by atoms with Crippen LogP contribution in [0.3, 0.4) is 0 Å². The standard InChI is InChI=1S/C12H20N4O2/c1-12(2)7-16(5-9(4-13)18-12)11(17)10-6-15(3)8-14-10/h6,8-9H,4-5,7,13H2,1-3H3. The van der Waals surface area contributed by atoms with Crippen LogP contribution in [0.1, 0.15) is 24.3 Å². The van der Waals surface area contributed by atoms with Gasteiger partial charge in [0.2, 0.25) is 0 Å². The fourth-order valence-electron chi connectivity index (χ4n) is 2.26. The first-order valence-corrected chi connectivity index (χ1v) is 6.06. The summed E-state index contributed by atoms with van der Waals surface area (Å²) in [4.78, 5) is 18.2. The van der Waals surface area contributed by atoms with E-state index in [0.29, 0.717) is 25.3 Å². The van der Waals surface area contributed by atoms with Crippen molar-refractivity contribution in [1.82, 2.24) is 14.5 Å². The zero-order valence-electron chi connectivity index (χ0n) is 11.1. The number of carbonyl (C=O) groups is 1. The van der Waals surface area contributed by atoms with Gasteiger partial charge in [-0.05, 0) is 13.8 Å². The summed E-state index contributed by atoms with van der Waals surface area (Å²) in [6.07, 6.45) is 3.24. The molecule has 1 amide bonds. The quantitative estimate of drug-likeness (QED) is 0.804. The van der Waals surface area contributed by atoms with Crippen LogP contribution >= 0.6 is 0 Å². The predicted octanol–water partition coefficient (Wildman–Crippen LogP) is -0.00160. The second-order valence-electron chi connectivity index (χ2n) is 5.35. The van der Waals surface area contributed by atoms with Gasteiger partial charge in [-0.2, -0.15) is 0 Å². The Bertz CT molecular complexity index is 441. The van der Waals surface area contributed by atoms with E-state index in [4.69, 9.17) is 10.5 Å². The molecule has 0 radical (unpaired) electrons. The van der Waals surface area contributed by atoms with Crippen molar-refractivity contribution in [1.29, 1.82) is 0 Å². The minimum Gasteiger partial charge on any atom is -0.367 e. The molecule has 0 saturated carbocycles. The van der Waals surface area contributed by atoms with E-state index in [1.54, 1.807) is 22.0 Å². The molecular formula is C12H20N4O2. The Balaban J connectivity index is 2.14. The molecule has 1 aliphatic heterocycles. The minimum atomic E-state index is -0.368. The molecule has 1 fully saturated rings. The summed E-state index contributed by atoms with van der Waals surface area (Å²) >= 11 is 0. The van der Waals surface area contributed by atoms with Crippen LogP contribution in [0, 0.1) is 0 Å². The first kappa shape index (κ1) is 13.0. The average Bonchev–Trinajstić information content (AvgIpc) is 2.72. The van der Waals surface area contributed by atoms with Gasteiger partial charge < -0.3 is 19.9 Å². The van der Waals surface area contributed by atoms with Gasteiger partial charge >= 0.3 is 0 Å². The molecule has 2 rings (SSSR count). The predicted molar refractivity (Wildman–Crippen MR) is 67.1 cm³/mol. The third-order valence-corrected chi connectivity index (χ3v) is 2.96. The van der Waals surface area contributed by atoms with Crippen LogP contribution in [-0.2, 0) is 11.8 Å². The maximum absolute atomic E-state index is 12.3. The third kappa shape index (κ3) is 2.70. The average molecular weight is 252 g/mol. The summed E-state index contributed by atoms with van der Waals surface area (Å²) in [7, 11) is 1.84. The maximum Gasteiger partial charge on any atom is 0.274 e. The molecule has 1 atom stereocenters. The van der Waals surface area contributed by atoms with Crippen molar-refractivity contribution in [2.45, 2.75) is 25.6 Å². The Morgan fingerprint density at radius 1 is 1.67 bits per heavy atom. The van der Waals surface area contributed by atoms with Crippen molar-refractivity contribution < 1.29 is 9.53 Å². The summed E-state index contributed by atoms with van der Waals surface area (Å²) in [5.74, 6) is -0.0644. The van der Waals surface area contributed by atoms with Gasteiger partial charge in [0.15, 0.2) is 0 Å². The topological polar surface area (TPSA) is 73.4 Å². The van der Waals surface area contributed by atoms with Gasteiger partial charge in [-0.3, -0.25) is 4.79 Å². The molecule has 1 aliphatic rings. The molecule has 2 N–H and O–H groups in total. The summed E-state index contributed by atoms with van der Waals surface area (Å²) in [5, 5.41) is 0. The number of nitrogens with zero attached hydrogens (tertiary/aromatic N) is 3. The highest BCUT2D eigenvalue weighted by atomic mass is 16.5. The van der Waals surface area contributed by atoms with Crippen LogP contribution < -0.4 is 5.73 Å². The molecule has 1 aromatic rings. The van der Waals surface area contributed by atoms with E-state index in [1.807, 2.05) is 20.9 Å². The molecule has 0 bridgehead atoms. The van der Waals surface area contributed by atoms with Gasteiger partial charge in [0.1, 0.15) is 5.69 Å². The first-order valence-electron chi connectivity index (χ1n) is 6.06.